The van der Waals surface area contributed by atoms with Gasteiger partial charge in [-0.2, -0.15) is 0 Å². The third-order valence-electron chi connectivity index (χ3n) is 6.45. The molecule has 8 heteroatoms. The maximum Gasteiger partial charge on any atom is 0.339 e. The van der Waals surface area contributed by atoms with Gasteiger partial charge in [-0.3, -0.25) is 14.4 Å². The van der Waals surface area contributed by atoms with Gasteiger partial charge in [0, 0.05) is 6.42 Å². The van der Waals surface area contributed by atoms with Gasteiger partial charge in [-0.05, 0) is 12.8 Å². The van der Waals surface area contributed by atoms with E-state index in [4.69, 9.17) is 9.84 Å². The first-order valence-electron chi connectivity index (χ1n) is 14.6. The Bertz CT molecular complexity index is 633. The number of esters is 3. The van der Waals surface area contributed by atoms with Crippen molar-refractivity contribution < 1.29 is 38.9 Å². The minimum atomic E-state index is -2.57. The van der Waals surface area contributed by atoms with Crippen LogP contribution in [0.25, 0.3) is 0 Å². The quantitative estimate of drug-likeness (QED) is 0.0766. The fourth-order valence-corrected chi connectivity index (χ4v) is 4.20. The number of carboxylic acid groups (broad SMARTS) is 1. The van der Waals surface area contributed by atoms with Crippen molar-refractivity contribution in [3.05, 3.63) is 0 Å². The number of unbranched alkanes of at least 4 members (excludes halogenated alkanes) is 16. The molecule has 216 valence electrons. The van der Waals surface area contributed by atoms with Crippen LogP contribution in [0.2, 0.25) is 0 Å². The topological polar surface area (TPSA) is 127 Å². The first-order chi connectivity index (χ1) is 17.7. The summed E-state index contributed by atoms with van der Waals surface area (Å²) in [6, 6.07) is 0. The summed E-state index contributed by atoms with van der Waals surface area (Å²) < 4.78 is 9.68. The number of rotatable bonds is 25. The number of carbonyl (C=O) groups is 4. The summed E-state index contributed by atoms with van der Waals surface area (Å²) >= 11 is 0. The number of carboxylic acids is 1. The number of carbonyl (C=O) groups excluding carboxylic acids is 3. The summed E-state index contributed by atoms with van der Waals surface area (Å²) in [7, 11) is 0. The lowest BCUT2D eigenvalue weighted by Gasteiger charge is -2.23. The number of ether oxygens (including phenoxy) is 2. The molecule has 0 aromatic heterocycles. The Hall–Kier alpha value is -1.96. The van der Waals surface area contributed by atoms with E-state index in [1.54, 1.807) is 0 Å². The molecule has 0 aromatic rings. The van der Waals surface area contributed by atoms with Crippen molar-refractivity contribution in [1.82, 2.24) is 0 Å². The highest BCUT2D eigenvalue weighted by Gasteiger charge is 2.43. The van der Waals surface area contributed by atoms with E-state index >= 15 is 0 Å². The molecule has 2 N–H and O–H groups in total. The molecule has 37 heavy (non-hydrogen) atoms. The molecule has 0 aromatic carbocycles. The van der Waals surface area contributed by atoms with Crippen LogP contribution < -0.4 is 0 Å². The fourth-order valence-electron chi connectivity index (χ4n) is 4.20. The summed E-state index contributed by atoms with van der Waals surface area (Å²) in [6.45, 7) is 4.24. The van der Waals surface area contributed by atoms with Crippen LogP contribution in [0, 0.1) is 0 Å². The van der Waals surface area contributed by atoms with Gasteiger partial charge in [-0.25, -0.2) is 4.79 Å². The Kier molecular flexibility index (Phi) is 22.0. The van der Waals surface area contributed by atoms with Crippen molar-refractivity contribution >= 4 is 23.9 Å². The van der Waals surface area contributed by atoms with Gasteiger partial charge in [0.25, 0.3) is 0 Å². The van der Waals surface area contributed by atoms with Gasteiger partial charge in [0.2, 0.25) is 0 Å². The van der Waals surface area contributed by atoms with Crippen LogP contribution in [0.4, 0.5) is 0 Å². The Morgan fingerprint density at radius 2 is 1.03 bits per heavy atom. The normalized spacial score (nSPS) is 12.6. The summed E-state index contributed by atoms with van der Waals surface area (Å²) in [6.07, 6.45) is 18.4. The lowest BCUT2D eigenvalue weighted by molar-refractivity contribution is -0.178. The standard InChI is InChI=1S/C29H52O8/c1-3-5-7-8-9-10-11-12-13-14-15-16-17-18-20-22-36-28(34)29(35,23-25(30)31)24-27(33)37-26(32)21-19-6-4-2/h35H,3-24H2,1-2H3,(H,30,31). The first-order valence-corrected chi connectivity index (χ1v) is 14.6. The predicted molar refractivity (Wildman–Crippen MR) is 143 cm³/mol. The summed E-state index contributed by atoms with van der Waals surface area (Å²) in [4.78, 5) is 47.2. The van der Waals surface area contributed by atoms with Crippen LogP contribution in [0.5, 0.6) is 0 Å². The number of aliphatic carboxylic acids is 1. The summed E-state index contributed by atoms with van der Waals surface area (Å²) in [5.74, 6) is -4.55. The van der Waals surface area contributed by atoms with Crippen molar-refractivity contribution in [3.63, 3.8) is 0 Å². The van der Waals surface area contributed by atoms with Crippen molar-refractivity contribution in [2.75, 3.05) is 6.61 Å². The molecule has 0 heterocycles. The molecule has 0 aliphatic rings. The van der Waals surface area contributed by atoms with Crippen molar-refractivity contribution in [2.24, 2.45) is 0 Å². The molecule has 0 saturated heterocycles. The Balaban J connectivity index is 4.01. The van der Waals surface area contributed by atoms with Crippen molar-refractivity contribution in [1.29, 1.82) is 0 Å². The van der Waals surface area contributed by atoms with Gasteiger partial charge in [-0.15, -0.1) is 0 Å². The highest BCUT2D eigenvalue weighted by Crippen LogP contribution is 2.20. The molecule has 0 aliphatic carbocycles. The lowest BCUT2D eigenvalue weighted by atomic mass is 9.95. The average Bonchev–Trinajstić information content (AvgIpc) is 2.83. The molecule has 0 bridgehead atoms. The second-order valence-corrected chi connectivity index (χ2v) is 10.2. The summed E-state index contributed by atoms with van der Waals surface area (Å²) in [5, 5.41) is 19.6. The average molecular weight is 529 g/mol. The molecular weight excluding hydrogens is 476 g/mol. The Labute approximate surface area is 223 Å². The zero-order chi connectivity index (χ0) is 27.8. The van der Waals surface area contributed by atoms with Crippen LogP contribution in [-0.4, -0.2) is 46.3 Å². The van der Waals surface area contributed by atoms with Gasteiger partial charge < -0.3 is 19.7 Å². The van der Waals surface area contributed by atoms with E-state index in [1.807, 2.05) is 6.92 Å². The maximum atomic E-state index is 12.4. The minimum Gasteiger partial charge on any atom is -0.481 e. The zero-order valence-electron chi connectivity index (χ0n) is 23.4. The van der Waals surface area contributed by atoms with E-state index in [2.05, 4.69) is 11.7 Å². The molecular formula is C29H52O8. The molecule has 0 rings (SSSR count). The smallest absolute Gasteiger partial charge is 0.339 e. The molecule has 8 nitrogen and oxygen atoms in total. The minimum absolute atomic E-state index is 0.0318. The van der Waals surface area contributed by atoms with Crippen molar-refractivity contribution in [3.8, 4) is 0 Å². The molecule has 0 radical (unpaired) electrons. The van der Waals surface area contributed by atoms with Crippen LogP contribution >= 0.6 is 0 Å². The Morgan fingerprint density at radius 3 is 1.49 bits per heavy atom. The van der Waals surface area contributed by atoms with E-state index in [0.29, 0.717) is 12.8 Å². The third kappa shape index (κ3) is 20.7. The van der Waals surface area contributed by atoms with Crippen LogP contribution in [0.1, 0.15) is 149 Å². The molecule has 0 fully saturated rings. The monoisotopic (exact) mass is 528 g/mol. The number of aliphatic hydroxyl groups is 1. The second kappa shape index (κ2) is 23.2. The SMILES string of the molecule is CCCCCCCCCCCCCCCCCOC(=O)C(O)(CC(=O)O)CC(=O)OC(=O)CCCCC. The molecule has 0 saturated carbocycles. The van der Waals surface area contributed by atoms with Gasteiger partial charge in [0.15, 0.2) is 5.60 Å². The second-order valence-electron chi connectivity index (χ2n) is 10.2. The third-order valence-corrected chi connectivity index (χ3v) is 6.45. The van der Waals surface area contributed by atoms with E-state index in [0.717, 1.165) is 32.1 Å². The number of hydrogen-bond donors (Lipinski definition) is 2. The van der Waals surface area contributed by atoms with Gasteiger partial charge >= 0.3 is 23.9 Å². The molecule has 0 spiro atoms. The van der Waals surface area contributed by atoms with Crippen LogP contribution in [-0.2, 0) is 28.7 Å². The summed E-state index contributed by atoms with van der Waals surface area (Å²) in [5.41, 5.74) is -2.57. The van der Waals surface area contributed by atoms with E-state index in [1.165, 1.54) is 70.6 Å². The molecule has 1 unspecified atom stereocenters. The van der Waals surface area contributed by atoms with E-state index in [9.17, 15) is 24.3 Å². The lowest BCUT2D eigenvalue weighted by Crippen LogP contribution is -2.44. The Morgan fingerprint density at radius 1 is 0.595 bits per heavy atom. The number of hydrogen-bond acceptors (Lipinski definition) is 7. The maximum absolute atomic E-state index is 12.4. The fraction of sp³-hybridized carbons (Fsp3) is 0.862. The van der Waals surface area contributed by atoms with Gasteiger partial charge in [0.05, 0.1) is 19.4 Å². The molecule has 1 atom stereocenters. The van der Waals surface area contributed by atoms with Crippen LogP contribution in [0.3, 0.4) is 0 Å². The predicted octanol–water partition coefficient (Wildman–Crippen LogP) is 6.65. The molecule has 0 amide bonds. The highest BCUT2D eigenvalue weighted by molar-refractivity contribution is 5.92. The van der Waals surface area contributed by atoms with Gasteiger partial charge in [-0.1, -0.05) is 117 Å². The molecule has 0 aliphatic heterocycles. The van der Waals surface area contributed by atoms with Crippen LogP contribution in [0.15, 0.2) is 0 Å². The van der Waals surface area contributed by atoms with E-state index < -0.39 is 42.3 Å². The van der Waals surface area contributed by atoms with Crippen molar-refractivity contribution in [2.45, 2.75) is 154 Å². The van der Waals surface area contributed by atoms with E-state index in [-0.39, 0.29) is 13.0 Å². The largest absolute Gasteiger partial charge is 0.481 e. The highest BCUT2D eigenvalue weighted by atomic mass is 16.6. The first kappa shape index (κ1) is 35.0. The zero-order valence-corrected chi connectivity index (χ0v) is 23.4. The van der Waals surface area contributed by atoms with Gasteiger partial charge in [0.1, 0.15) is 0 Å².